The van der Waals surface area contributed by atoms with Gasteiger partial charge in [-0.1, -0.05) is 47.5 Å². The zero-order valence-corrected chi connectivity index (χ0v) is 14.4. The minimum atomic E-state index is -4.01. The minimum Gasteiger partial charge on any atom is -0.468 e. The van der Waals surface area contributed by atoms with Crippen LogP contribution in [0.25, 0.3) is 0 Å². The second kappa shape index (κ2) is 7.21. The Labute approximate surface area is 144 Å². The third kappa shape index (κ3) is 3.77. The lowest BCUT2D eigenvalue weighted by molar-refractivity contribution is -0.138. The first-order valence-corrected chi connectivity index (χ1v) is 8.66. The number of hydrogen-bond donors (Lipinski definition) is 0. The van der Waals surface area contributed by atoms with Crippen LogP contribution in [0.3, 0.4) is 0 Å². The molecule has 0 aliphatic carbocycles. The number of anilines is 1. The maximum Gasteiger partial charge on any atom is 0.326 e. The Morgan fingerprint density at radius 3 is 2.35 bits per heavy atom. The van der Waals surface area contributed by atoms with Crippen LogP contribution in [0.4, 0.5) is 5.69 Å². The summed E-state index contributed by atoms with van der Waals surface area (Å²) in [7, 11) is -2.83. The van der Waals surface area contributed by atoms with Crippen molar-refractivity contribution < 1.29 is 17.9 Å². The first-order valence-electron chi connectivity index (χ1n) is 6.46. The highest BCUT2D eigenvalue weighted by Crippen LogP contribution is 2.35. The van der Waals surface area contributed by atoms with Crippen LogP contribution in [-0.2, 0) is 19.6 Å². The van der Waals surface area contributed by atoms with Crippen LogP contribution in [0, 0.1) is 0 Å². The van der Waals surface area contributed by atoms with Crippen LogP contribution < -0.4 is 4.31 Å². The van der Waals surface area contributed by atoms with Gasteiger partial charge in [0.1, 0.15) is 6.54 Å². The largest absolute Gasteiger partial charge is 0.468 e. The lowest BCUT2D eigenvalue weighted by atomic mass is 10.3. The van der Waals surface area contributed by atoms with Crippen LogP contribution in [0.2, 0.25) is 10.0 Å². The zero-order valence-electron chi connectivity index (χ0n) is 12.1. The van der Waals surface area contributed by atoms with Crippen LogP contribution in [-0.4, -0.2) is 28.0 Å². The van der Waals surface area contributed by atoms with Crippen molar-refractivity contribution >= 4 is 44.9 Å². The molecule has 0 atom stereocenters. The van der Waals surface area contributed by atoms with Crippen molar-refractivity contribution in [3.05, 3.63) is 58.6 Å². The van der Waals surface area contributed by atoms with Gasteiger partial charge < -0.3 is 4.74 Å². The summed E-state index contributed by atoms with van der Waals surface area (Å²) < 4.78 is 31.2. The molecule has 0 spiro atoms. The van der Waals surface area contributed by atoms with E-state index in [9.17, 15) is 13.2 Å². The standard InChI is InChI=1S/C15H13Cl2NO4S/c1-22-14(19)10-18(13-9-5-8-12(16)15(13)17)23(20,21)11-6-3-2-4-7-11/h2-9H,10H2,1H3. The number of carbonyl (C=O) groups excluding carboxylic acids is 1. The molecule has 0 saturated carbocycles. The van der Waals surface area contributed by atoms with Gasteiger partial charge in [0.2, 0.25) is 0 Å². The van der Waals surface area contributed by atoms with E-state index in [1.54, 1.807) is 24.3 Å². The van der Waals surface area contributed by atoms with Gasteiger partial charge in [-0.05, 0) is 24.3 Å². The second-order valence-corrected chi connectivity index (χ2v) is 7.12. The molecule has 0 radical (unpaired) electrons. The van der Waals surface area contributed by atoms with Gasteiger partial charge in [-0.15, -0.1) is 0 Å². The molecule has 0 fully saturated rings. The molecule has 0 aromatic heterocycles. The Hall–Kier alpha value is -1.76. The highest BCUT2D eigenvalue weighted by atomic mass is 35.5. The van der Waals surface area contributed by atoms with E-state index < -0.39 is 22.5 Å². The fourth-order valence-corrected chi connectivity index (χ4v) is 3.78. The third-order valence-corrected chi connectivity index (χ3v) is 5.61. The first kappa shape index (κ1) is 17.6. The Balaban J connectivity index is 2.59. The molecule has 0 unspecified atom stereocenters. The lowest BCUT2D eigenvalue weighted by Gasteiger charge is -2.24. The number of rotatable bonds is 5. The minimum absolute atomic E-state index is 0.0277. The van der Waals surface area contributed by atoms with Gasteiger partial charge >= 0.3 is 5.97 Å². The Kier molecular flexibility index (Phi) is 5.51. The molecule has 0 bridgehead atoms. The van der Waals surface area contributed by atoms with Crippen LogP contribution in [0.5, 0.6) is 0 Å². The van der Waals surface area contributed by atoms with Gasteiger partial charge in [-0.3, -0.25) is 9.10 Å². The maximum atomic E-state index is 12.9. The highest BCUT2D eigenvalue weighted by molar-refractivity contribution is 7.92. The summed E-state index contributed by atoms with van der Waals surface area (Å²) in [6, 6.07) is 12.3. The number of hydrogen-bond acceptors (Lipinski definition) is 4. The van der Waals surface area contributed by atoms with Crippen molar-refractivity contribution in [1.82, 2.24) is 0 Å². The van der Waals surface area contributed by atoms with E-state index in [0.29, 0.717) is 0 Å². The van der Waals surface area contributed by atoms with E-state index in [4.69, 9.17) is 23.2 Å². The number of halogens is 2. The topological polar surface area (TPSA) is 63.7 Å². The third-order valence-electron chi connectivity index (χ3n) is 3.03. The van der Waals surface area contributed by atoms with Crippen molar-refractivity contribution in [3.8, 4) is 0 Å². The number of methoxy groups -OCH3 is 1. The molecule has 2 aromatic carbocycles. The molecule has 2 rings (SSSR count). The van der Waals surface area contributed by atoms with Crippen molar-refractivity contribution in [1.29, 1.82) is 0 Å². The number of esters is 1. The van der Waals surface area contributed by atoms with Crippen molar-refractivity contribution in [2.24, 2.45) is 0 Å². The summed E-state index contributed by atoms with van der Waals surface area (Å²) in [5.74, 6) is -0.722. The van der Waals surface area contributed by atoms with E-state index in [2.05, 4.69) is 4.74 Å². The molecule has 122 valence electrons. The second-order valence-electron chi connectivity index (χ2n) is 4.47. The summed E-state index contributed by atoms with van der Waals surface area (Å²) in [6.45, 7) is -0.520. The number of sulfonamides is 1. The fraction of sp³-hybridized carbons (Fsp3) is 0.133. The molecule has 5 nitrogen and oxygen atoms in total. The van der Waals surface area contributed by atoms with Crippen LogP contribution in [0.1, 0.15) is 0 Å². The van der Waals surface area contributed by atoms with Gasteiger partial charge in [0.25, 0.3) is 10.0 Å². The van der Waals surface area contributed by atoms with E-state index in [1.165, 1.54) is 31.4 Å². The predicted octanol–water partition coefficient (Wildman–Crippen LogP) is 3.36. The Morgan fingerprint density at radius 1 is 1.09 bits per heavy atom. The summed E-state index contributed by atoms with van der Waals surface area (Å²) in [4.78, 5) is 11.7. The predicted molar refractivity (Wildman–Crippen MR) is 89.5 cm³/mol. The summed E-state index contributed by atoms with van der Waals surface area (Å²) in [5, 5.41) is 0.222. The zero-order chi connectivity index (χ0) is 17.0. The van der Waals surface area contributed by atoms with E-state index in [-0.39, 0.29) is 20.6 Å². The molecule has 2 aromatic rings. The molecule has 0 N–H and O–H groups in total. The van der Waals surface area contributed by atoms with E-state index >= 15 is 0 Å². The molecule has 0 saturated heterocycles. The molecule has 8 heteroatoms. The summed E-state index contributed by atoms with van der Waals surface area (Å²) in [6.07, 6.45) is 0. The number of ether oxygens (including phenoxy) is 1. The number of benzene rings is 2. The summed E-state index contributed by atoms with van der Waals surface area (Å²) >= 11 is 12.1. The highest BCUT2D eigenvalue weighted by Gasteiger charge is 2.29. The Morgan fingerprint density at radius 2 is 1.74 bits per heavy atom. The average molecular weight is 374 g/mol. The molecular formula is C15H13Cl2NO4S. The van der Waals surface area contributed by atoms with Crippen LogP contribution in [0.15, 0.2) is 53.4 Å². The monoisotopic (exact) mass is 373 g/mol. The van der Waals surface area contributed by atoms with E-state index in [1.807, 2.05) is 0 Å². The summed E-state index contributed by atoms with van der Waals surface area (Å²) in [5.41, 5.74) is 0.105. The van der Waals surface area contributed by atoms with Crippen molar-refractivity contribution in [2.75, 3.05) is 18.0 Å². The molecule has 0 aliphatic rings. The first-order chi connectivity index (χ1) is 10.9. The average Bonchev–Trinajstić information content (AvgIpc) is 2.56. The quantitative estimate of drug-likeness (QED) is 0.753. The normalized spacial score (nSPS) is 11.1. The van der Waals surface area contributed by atoms with Crippen LogP contribution >= 0.6 is 23.2 Å². The van der Waals surface area contributed by atoms with Gasteiger partial charge in [0.15, 0.2) is 0 Å². The lowest BCUT2D eigenvalue weighted by Crippen LogP contribution is -2.36. The number of nitrogens with zero attached hydrogens (tertiary/aromatic N) is 1. The van der Waals surface area contributed by atoms with E-state index in [0.717, 1.165) is 4.31 Å². The van der Waals surface area contributed by atoms with Gasteiger partial charge in [0, 0.05) is 0 Å². The molecule has 23 heavy (non-hydrogen) atoms. The fourth-order valence-electron chi connectivity index (χ4n) is 1.89. The Bertz CT molecular complexity index is 809. The smallest absolute Gasteiger partial charge is 0.326 e. The molecular weight excluding hydrogens is 361 g/mol. The molecule has 0 heterocycles. The molecule has 0 aliphatic heterocycles. The van der Waals surface area contributed by atoms with Crippen molar-refractivity contribution in [3.63, 3.8) is 0 Å². The maximum absolute atomic E-state index is 12.9. The van der Waals surface area contributed by atoms with Gasteiger partial charge in [-0.25, -0.2) is 8.42 Å². The van der Waals surface area contributed by atoms with Crippen molar-refractivity contribution in [2.45, 2.75) is 4.90 Å². The SMILES string of the molecule is COC(=O)CN(c1cccc(Cl)c1Cl)S(=O)(=O)c1ccccc1. The van der Waals surface area contributed by atoms with Gasteiger partial charge in [0.05, 0.1) is 27.7 Å². The number of carbonyl (C=O) groups is 1. The van der Waals surface area contributed by atoms with Gasteiger partial charge in [-0.2, -0.15) is 0 Å². The molecule has 0 amide bonds.